The lowest BCUT2D eigenvalue weighted by atomic mass is 10.2. The number of anilines is 1. The fourth-order valence-electron chi connectivity index (χ4n) is 1.65. The summed E-state index contributed by atoms with van der Waals surface area (Å²) in [4.78, 5) is 1.92. The fraction of sp³-hybridized carbons (Fsp3) is 0.364. The molecular formula is C11H13N3OS. The van der Waals surface area contributed by atoms with E-state index in [-0.39, 0.29) is 0 Å². The molecule has 4 nitrogen and oxygen atoms in total. The Morgan fingerprint density at radius 2 is 1.88 bits per heavy atom. The summed E-state index contributed by atoms with van der Waals surface area (Å²) in [5.74, 6) is 0.820. The highest BCUT2D eigenvalue weighted by Gasteiger charge is 2.35. The van der Waals surface area contributed by atoms with E-state index in [1.807, 2.05) is 43.0 Å². The van der Waals surface area contributed by atoms with Gasteiger partial charge in [-0.1, -0.05) is 0 Å². The minimum Gasteiger partial charge on any atom is -0.497 e. The van der Waals surface area contributed by atoms with Crippen LogP contribution >= 0.6 is 12.2 Å². The monoisotopic (exact) mass is 235 g/mol. The minimum absolute atomic E-state index is 0.411. The number of azo groups is 1. The second kappa shape index (κ2) is 3.83. The topological polar surface area (TPSA) is 37.2 Å². The molecule has 0 spiro atoms. The number of nitrogens with zero attached hydrogens (tertiary/aromatic N) is 3. The molecule has 0 bridgehead atoms. The molecular weight excluding hydrogens is 222 g/mol. The maximum atomic E-state index is 5.17. The Morgan fingerprint density at radius 3 is 2.31 bits per heavy atom. The van der Waals surface area contributed by atoms with Gasteiger partial charge in [0.05, 0.1) is 7.11 Å². The average molecular weight is 235 g/mol. The van der Waals surface area contributed by atoms with Crippen molar-refractivity contribution in [2.24, 2.45) is 10.2 Å². The van der Waals surface area contributed by atoms with E-state index in [9.17, 15) is 0 Å². The molecule has 0 saturated heterocycles. The van der Waals surface area contributed by atoms with Gasteiger partial charge < -0.3 is 4.74 Å². The van der Waals surface area contributed by atoms with Crippen molar-refractivity contribution in [3.63, 3.8) is 0 Å². The molecule has 84 valence electrons. The molecule has 0 atom stereocenters. The van der Waals surface area contributed by atoms with Crippen LogP contribution in [0, 0.1) is 0 Å². The van der Waals surface area contributed by atoms with Gasteiger partial charge in [-0.25, -0.2) is 0 Å². The van der Waals surface area contributed by atoms with Crippen molar-refractivity contribution in [1.82, 2.24) is 0 Å². The second-order valence-electron chi connectivity index (χ2n) is 4.01. The van der Waals surface area contributed by atoms with E-state index < -0.39 is 5.66 Å². The Bertz CT molecular complexity index is 439. The zero-order valence-electron chi connectivity index (χ0n) is 9.47. The lowest BCUT2D eigenvalue weighted by molar-refractivity contribution is 0.414. The molecule has 0 radical (unpaired) electrons. The van der Waals surface area contributed by atoms with Crippen molar-refractivity contribution in [3.05, 3.63) is 24.3 Å². The number of ether oxygens (including phenoxy) is 1. The summed E-state index contributed by atoms with van der Waals surface area (Å²) in [5, 5.41) is 8.56. The van der Waals surface area contributed by atoms with Gasteiger partial charge in [-0.15, -0.1) is 5.11 Å². The third-order valence-electron chi connectivity index (χ3n) is 2.45. The van der Waals surface area contributed by atoms with Crippen LogP contribution in [-0.2, 0) is 0 Å². The predicted molar refractivity (Wildman–Crippen MR) is 67.0 cm³/mol. The molecule has 0 amide bonds. The third-order valence-corrected chi connectivity index (χ3v) is 2.71. The molecule has 1 aliphatic heterocycles. The summed E-state index contributed by atoms with van der Waals surface area (Å²) >= 11 is 5.17. The lowest BCUT2D eigenvalue weighted by Crippen LogP contribution is -2.40. The molecule has 0 aliphatic carbocycles. The first kappa shape index (κ1) is 11.0. The zero-order valence-corrected chi connectivity index (χ0v) is 10.3. The minimum atomic E-state index is -0.411. The standard InChI is InChI=1S/C11H13N3OS/c1-11(2)13-12-10(16)14(11)8-4-6-9(15-3)7-5-8/h4-7H,1-3H3. The maximum absolute atomic E-state index is 5.17. The van der Waals surface area contributed by atoms with Crippen LogP contribution in [0.1, 0.15) is 13.8 Å². The quantitative estimate of drug-likeness (QED) is 0.739. The van der Waals surface area contributed by atoms with Crippen molar-refractivity contribution < 1.29 is 4.74 Å². The number of benzene rings is 1. The number of rotatable bonds is 2. The molecule has 1 aromatic rings. The highest BCUT2D eigenvalue weighted by molar-refractivity contribution is 7.80. The molecule has 1 aliphatic rings. The zero-order chi connectivity index (χ0) is 11.8. The van der Waals surface area contributed by atoms with Crippen LogP contribution in [0.4, 0.5) is 5.69 Å². The van der Waals surface area contributed by atoms with Gasteiger partial charge in [-0.3, -0.25) is 4.90 Å². The molecule has 16 heavy (non-hydrogen) atoms. The molecule has 0 unspecified atom stereocenters. The smallest absolute Gasteiger partial charge is 0.222 e. The molecule has 0 aromatic heterocycles. The second-order valence-corrected chi connectivity index (χ2v) is 4.38. The van der Waals surface area contributed by atoms with Crippen molar-refractivity contribution in [2.45, 2.75) is 19.5 Å². The van der Waals surface area contributed by atoms with Crippen molar-refractivity contribution in [3.8, 4) is 5.75 Å². The number of thiocarbonyl (C=S) groups is 1. The largest absolute Gasteiger partial charge is 0.497 e. The van der Waals surface area contributed by atoms with E-state index in [4.69, 9.17) is 17.0 Å². The first-order chi connectivity index (χ1) is 7.54. The molecule has 0 fully saturated rings. The Balaban J connectivity index is 2.33. The Hall–Kier alpha value is -1.49. The lowest BCUT2D eigenvalue weighted by Gasteiger charge is -2.28. The van der Waals surface area contributed by atoms with E-state index in [0.29, 0.717) is 5.11 Å². The van der Waals surface area contributed by atoms with Gasteiger partial charge in [0.1, 0.15) is 5.75 Å². The van der Waals surface area contributed by atoms with Crippen LogP contribution in [-0.4, -0.2) is 17.9 Å². The highest BCUT2D eigenvalue weighted by atomic mass is 32.1. The Morgan fingerprint density at radius 1 is 1.25 bits per heavy atom. The van der Waals surface area contributed by atoms with Gasteiger partial charge in [-0.05, 0) is 50.3 Å². The normalized spacial score (nSPS) is 17.9. The van der Waals surface area contributed by atoms with Crippen molar-refractivity contribution in [2.75, 3.05) is 12.0 Å². The molecule has 0 N–H and O–H groups in total. The Labute approximate surface area is 99.9 Å². The van der Waals surface area contributed by atoms with E-state index in [0.717, 1.165) is 11.4 Å². The summed E-state index contributed by atoms with van der Waals surface area (Å²) in [6, 6.07) is 7.69. The number of methoxy groups -OCH3 is 1. The van der Waals surface area contributed by atoms with E-state index in [1.54, 1.807) is 7.11 Å². The third kappa shape index (κ3) is 1.78. The van der Waals surface area contributed by atoms with E-state index in [2.05, 4.69) is 10.2 Å². The molecule has 5 heteroatoms. The van der Waals surface area contributed by atoms with E-state index >= 15 is 0 Å². The van der Waals surface area contributed by atoms with Gasteiger partial charge in [0.2, 0.25) is 5.11 Å². The summed E-state index contributed by atoms with van der Waals surface area (Å²) in [6.45, 7) is 3.94. The summed E-state index contributed by atoms with van der Waals surface area (Å²) in [5.41, 5.74) is 0.562. The van der Waals surface area contributed by atoms with Gasteiger partial charge in [0.25, 0.3) is 0 Å². The molecule has 2 rings (SSSR count). The van der Waals surface area contributed by atoms with E-state index in [1.165, 1.54) is 0 Å². The van der Waals surface area contributed by atoms with Gasteiger partial charge in [-0.2, -0.15) is 5.11 Å². The van der Waals surface area contributed by atoms with Gasteiger partial charge in [0.15, 0.2) is 5.66 Å². The maximum Gasteiger partial charge on any atom is 0.222 e. The van der Waals surface area contributed by atoms with Gasteiger partial charge in [0, 0.05) is 5.69 Å². The SMILES string of the molecule is COc1ccc(N2C(=S)N=NC2(C)C)cc1. The van der Waals surface area contributed by atoms with Crippen molar-refractivity contribution in [1.29, 1.82) is 0 Å². The van der Waals surface area contributed by atoms with Crippen LogP contribution in [0.15, 0.2) is 34.5 Å². The predicted octanol–water partition coefficient (Wildman–Crippen LogP) is 2.99. The van der Waals surface area contributed by atoms with Gasteiger partial charge >= 0.3 is 0 Å². The summed E-state index contributed by atoms with van der Waals surface area (Å²) < 4.78 is 5.11. The summed E-state index contributed by atoms with van der Waals surface area (Å²) in [7, 11) is 1.64. The van der Waals surface area contributed by atoms with Crippen LogP contribution in [0.25, 0.3) is 0 Å². The molecule has 1 heterocycles. The van der Waals surface area contributed by atoms with Crippen LogP contribution in [0.5, 0.6) is 5.75 Å². The van der Waals surface area contributed by atoms with Crippen LogP contribution in [0.3, 0.4) is 0 Å². The average Bonchev–Trinajstić information content (AvgIpc) is 2.53. The first-order valence-electron chi connectivity index (χ1n) is 4.96. The van der Waals surface area contributed by atoms with Crippen LogP contribution < -0.4 is 9.64 Å². The number of hydrogen-bond donors (Lipinski definition) is 0. The molecule has 1 aromatic carbocycles. The fourth-order valence-corrected chi connectivity index (χ4v) is 2.02. The molecule has 0 saturated carbocycles. The van der Waals surface area contributed by atoms with Crippen molar-refractivity contribution >= 4 is 23.0 Å². The number of hydrogen-bond acceptors (Lipinski definition) is 3. The Kier molecular flexibility index (Phi) is 2.63. The first-order valence-corrected chi connectivity index (χ1v) is 5.36. The highest BCUT2D eigenvalue weighted by Crippen LogP contribution is 2.31. The summed E-state index contributed by atoms with van der Waals surface area (Å²) in [6.07, 6.45) is 0. The van der Waals surface area contributed by atoms with Crippen LogP contribution in [0.2, 0.25) is 0 Å².